The molecule has 0 spiro atoms. The molecule has 1 heterocycles. The molecule has 1 rings (SSSR count). The first kappa shape index (κ1) is 11.9. The molecule has 1 fully saturated rings. The molecule has 1 aliphatic rings. The lowest BCUT2D eigenvalue weighted by atomic mass is 10.2. The zero-order valence-electron chi connectivity index (χ0n) is 9.45. The number of hydrogen-bond acceptors (Lipinski definition) is 4. The average molecular weight is 202 g/mol. The topological polar surface area (TPSA) is 33.7 Å². The molecule has 1 atom stereocenters. The predicted molar refractivity (Wildman–Crippen MR) is 56.3 cm³/mol. The van der Waals surface area contributed by atoms with Crippen LogP contribution in [-0.4, -0.2) is 58.1 Å². The summed E-state index contributed by atoms with van der Waals surface area (Å²) < 4.78 is 10.4. The van der Waals surface area contributed by atoms with Crippen LogP contribution in [0.1, 0.15) is 12.8 Å². The van der Waals surface area contributed by atoms with Crippen molar-refractivity contribution in [1.82, 2.24) is 10.2 Å². The maximum atomic E-state index is 5.20. The summed E-state index contributed by atoms with van der Waals surface area (Å²) in [6.07, 6.45) is 2.47. The van der Waals surface area contributed by atoms with Crippen LogP contribution in [0.15, 0.2) is 0 Å². The third-order valence-electron chi connectivity index (χ3n) is 2.85. The normalized spacial score (nSPS) is 23.6. The van der Waals surface area contributed by atoms with Crippen molar-refractivity contribution in [2.24, 2.45) is 0 Å². The van der Waals surface area contributed by atoms with Gasteiger partial charge in [-0.3, -0.25) is 4.90 Å². The number of likely N-dealkylation sites (tertiary alicyclic amines) is 1. The number of rotatable bonds is 6. The summed E-state index contributed by atoms with van der Waals surface area (Å²) in [6.45, 7) is 3.09. The van der Waals surface area contributed by atoms with Gasteiger partial charge in [-0.25, -0.2) is 0 Å². The van der Waals surface area contributed by atoms with Gasteiger partial charge in [0, 0.05) is 33.4 Å². The first-order valence-electron chi connectivity index (χ1n) is 5.26. The van der Waals surface area contributed by atoms with Gasteiger partial charge in [0.05, 0.1) is 0 Å². The summed E-state index contributed by atoms with van der Waals surface area (Å²) in [5, 5.41) is 3.23. The van der Waals surface area contributed by atoms with Crippen molar-refractivity contribution in [3.63, 3.8) is 0 Å². The van der Waals surface area contributed by atoms with E-state index in [1.54, 1.807) is 14.2 Å². The van der Waals surface area contributed by atoms with E-state index in [1.165, 1.54) is 12.8 Å². The summed E-state index contributed by atoms with van der Waals surface area (Å²) in [7, 11) is 5.38. The average Bonchev–Trinajstić information content (AvgIpc) is 2.62. The van der Waals surface area contributed by atoms with E-state index in [9.17, 15) is 0 Å². The van der Waals surface area contributed by atoms with Crippen molar-refractivity contribution in [2.45, 2.75) is 25.2 Å². The molecule has 1 N–H and O–H groups in total. The van der Waals surface area contributed by atoms with Crippen molar-refractivity contribution in [1.29, 1.82) is 0 Å². The summed E-state index contributed by atoms with van der Waals surface area (Å²) in [5.41, 5.74) is 0. The Labute approximate surface area is 86.6 Å². The zero-order chi connectivity index (χ0) is 10.4. The van der Waals surface area contributed by atoms with Crippen molar-refractivity contribution in [3.8, 4) is 0 Å². The molecule has 1 unspecified atom stereocenters. The summed E-state index contributed by atoms with van der Waals surface area (Å²) in [6, 6.07) is 0.646. The van der Waals surface area contributed by atoms with E-state index in [-0.39, 0.29) is 6.29 Å². The molecule has 0 aromatic heterocycles. The Bertz CT molecular complexity index is 151. The lowest BCUT2D eigenvalue weighted by Crippen LogP contribution is -2.42. The van der Waals surface area contributed by atoms with Crippen LogP contribution in [0.2, 0.25) is 0 Å². The van der Waals surface area contributed by atoms with Crippen molar-refractivity contribution < 1.29 is 9.47 Å². The highest BCUT2D eigenvalue weighted by Gasteiger charge is 2.25. The molecule has 0 amide bonds. The Hall–Kier alpha value is -0.160. The quantitative estimate of drug-likeness (QED) is 0.628. The molecule has 1 saturated heterocycles. The zero-order valence-corrected chi connectivity index (χ0v) is 9.45. The van der Waals surface area contributed by atoms with E-state index >= 15 is 0 Å². The van der Waals surface area contributed by atoms with Crippen molar-refractivity contribution >= 4 is 0 Å². The highest BCUT2D eigenvalue weighted by molar-refractivity contribution is 4.80. The van der Waals surface area contributed by atoms with Crippen LogP contribution in [0.5, 0.6) is 0 Å². The largest absolute Gasteiger partial charge is 0.355 e. The smallest absolute Gasteiger partial charge is 0.169 e. The number of ether oxygens (including phenoxy) is 2. The Balaban J connectivity index is 2.34. The van der Waals surface area contributed by atoms with E-state index in [1.807, 2.05) is 7.05 Å². The van der Waals surface area contributed by atoms with E-state index in [2.05, 4.69) is 10.2 Å². The molecule has 0 aromatic rings. The fraction of sp³-hybridized carbons (Fsp3) is 1.00. The molecular formula is C10H22N2O2. The number of methoxy groups -OCH3 is 2. The van der Waals surface area contributed by atoms with Crippen LogP contribution in [0.25, 0.3) is 0 Å². The second kappa shape index (κ2) is 6.35. The number of hydrogen-bond donors (Lipinski definition) is 1. The van der Waals surface area contributed by atoms with Gasteiger partial charge in [-0.1, -0.05) is 0 Å². The Morgan fingerprint density at radius 2 is 2.14 bits per heavy atom. The predicted octanol–water partition coefficient (Wildman–Crippen LogP) is 0.289. The first-order chi connectivity index (χ1) is 6.81. The van der Waals surface area contributed by atoms with Crippen molar-refractivity contribution in [2.75, 3.05) is 40.9 Å². The number of likely N-dealkylation sites (N-methyl/N-ethyl adjacent to an activating group) is 1. The minimum absolute atomic E-state index is 0.0903. The minimum atomic E-state index is -0.0903. The molecule has 14 heavy (non-hydrogen) atoms. The fourth-order valence-corrected chi connectivity index (χ4v) is 2.04. The van der Waals surface area contributed by atoms with Gasteiger partial charge in [-0.2, -0.15) is 0 Å². The van der Waals surface area contributed by atoms with Gasteiger partial charge < -0.3 is 14.8 Å². The number of nitrogens with one attached hydrogen (secondary N) is 1. The van der Waals surface area contributed by atoms with Gasteiger partial charge >= 0.3 is 0 Å². The summed E-state index contributed by atoms with van der Waals surface area (Å²) in [4.78, 5) is 2.44. The third-order valence-corrected chi connectivity index (χ3v) is 2.85. The molecule has 0 radical (unpaired) electrons. The van der Waals surface area contributed by atoms with Gasteiger partial charge in [-0.05, 0) is 26.4 Å². The number of nitrogens with zero attached hydrogens (tertiary/aromatic N) is 1. The minimum Gasteiger partial charge on any atom is -0.355 e. The van der Waals surface area contributed by atoms with Crippen LogP contribution in [0.4, 0.5) is 0 Å². The van der Waals surface area contributed by atoms with Gasteiger partial charge in [0.15, 0.2) is 6.29 Å². The Morgan fingerprint density at radius 3 is 2.71 bits per heavy atom. The Morgan fingerprint density at radius 1 is 1.43 bits per heavy atom. The standard InChI is InChI=1S/C10H22N2O2/c1-11-7-9-5-4-6-12(9)8-10(13-2)14-3/h9-11H,4-8H2,1-3H3. The molecule has 4 nitrogen and oxygen atoms in total. The lowest BCUT2D eigenvalue weighted by molar-refractivity contribution is -0.117. The first-order valence-corrected chi connectivity index (χ1v) is 5.26. The summed E-state index contributed by atoms with van der Waals surface area (Å²) in [5.74, 6) is 0. The molecular weight excluding hydrogens is 180 g/mol. The van der Waals surface area contributed by atoms with Gasteiger partial charge in [0.25, 0.3) is 0 Å². The highest BCUT2D eigenvalue weighted by Crippen LogP contribution is 2.17. The van der Waals surface area contributed by atoms with Gasteiger partial charge in [0.1, 0.15) is 0 Å². The highest BCUT2D eigenvalue weighted by atomic mass is 16.7. The van der Waals surface area contributed by atoms with Crippen LogP contribution in [-0.2, 0) is 9.47 Å². The molecule has 0 aromatic carbocycles. The van der Waals surface area contributed by atoms with Crippen LogP contribution in [0.3, 0.4) is 0 Å². The second-order valence-electron chi connectivity index (χ2n) is 3.75. The molecule has 84 valence electrons. The Kier molecular flexibility index (Phi) is 5.40. The second-order valence-corrected chi connectivity index (χ2v) is 3.75. The molecule has 4 heteroatoms. The SMILES string of the molecule is CNCC1CCCN1CC(OC)OC. The molecule has 0 aliphatic carbocycles. The molecule has 1 aliphatic heterocycles. The van der Waals surface area contributed by atoms with Gasteiger partial charge in [0.2, 0.25) is 0 Å². The molecule has 0 saturated carbocycles. The monoisotopic (exact) mass is 202 g/mol. The fourth-order valence-electron chi connectivity index (χ4n) is 2.04. The third kappa shape index (κ3) is 3.20. The van der Waals surface area contributed by atoms with E-state index < -0.39 is 0 Å². The lowest BCUT2D eigenvalue weighted by Gasteiger charge is -2.27. The van der Waals surface area contributed by atoms with Crippen LogP contribution >= 0.6 is 0 Å². The summed E-state index contributed by atoms with van der Waals surface area (Å²) >= 11 is 0. The van der Waals surface area contributed by atoms with Gasteiger partial charge in [-0.15, -0.1) is 0 Å². The molecule has 0 bridgehead atoms. The van der Waals surface area contributed by atoms with Crippen LogP contribution in [0, 0.1) is 0 Å². The van der Waals surface area contributed by atoms with Crippen molar-refractivity contribution in [3.05, 3.63) is 0 Å². The van der Waals surface area contributed by atoms with E-state index in [0.717, 1.165) is 19.6 Å². The van der Waals surface area contributed by atoms with E-state index in [4.69, 9.17) is 9.47 Å². The maximum absolute atomic E-state index is 5.20. The van der Waals surface area contributed by atoms with E-state index in [0.29, 0.717) is 6.04 Å². The van der Waals surface area contributed by atoms with Crippen LogP contribution < -0.4 is 5.32 Å². The maximum Gasteiger partial charge on any atom is 0.169 e.